The predicted molar refractivity (Wildman–Crippen MR) is 50.4 cm³/mol. The molecule has 0 spiro atoms. The summed E-state index contributed by atoms with van der Waals surface area (Å²) in [5, 5.41) is 0. The first kappa shape index (κ1) is 10.6. The lowest BCUT2D eigenvalue weighted by atomic mass is 10.5. The molecule has 3 heteroatoms. The normalized spacial score (nSPS) is 8.36. The monoisotopic (exact) mass is 216 g/mol. The Balaban J connectivity index is 0.000000292. The van der Waals surface area contributed by atoms with Gasteiger partial charge in [0, 0.05) is 6.20 Å². The van der Waals surface area contributed by atoms with E-state index in [0.717, 1.165) is 10.2 Å². The molecule has 2 nitrogen and oxygen atoms in total. The molecular formula is C8H13BrN2. The summed E-state index contributed by atoms with van der Waals surface area (Å²) in [6.45, 7) is 6.17. The molecular weight excluding hydrogens is 204 g/mol. The summed E-state index contributed by atoms with van der Waals surface area (Å²) >= 11 is 3.27. The number of aryl methyl sites for hydroxylation is 1. The average Bonchev–Trinajstić information content (AvgIpc) is 1.97. The topological polar surface area (TPSA) is 25.8 Å². The maximum Gasteiger partial charge on any atom is 0.115 e. The molecule has 0 bridgehead atoms. The second-order valence-corrected chi connectivity index (χ2v) is 3.02. The van der Waals surface area contributed by atoms with Gasteiger partial charge in [-0.25, -0.2) is 9.97 Å². The van der Waals surface area contributed by atoms with Crippen LogP contribution in [0.5, 0.6) is 0 Å². The van der Waals surface area contributed by atoms with E-state index in [2.05, 4.69) is 39.7 Å². The van der Waals surface area contributed by atoms with Crippen LogP contribution in [0, 0.1) is 6.92 Å². The summed E-state index contributed by atoms with van der Waals surface area (Å²) in [6.07, 6.45) is 4.50. The Labute approximate surface area is 76.2 Å². The molecule has 0 N–H and O–H groups in total. The van der Waals surface area contributed by atoms with E-state index in [4.69, 9.17) is 0 Å². The molecule has 0 aliphatic heterocycles. The van der Waals surface area contributed by atoms with Gasteiger partial charge < -0.3 is 0 Å². The zero-order valence-electron chi connectivity index (χ0n) is 7.13. The summed E-state index contributed by atoms with van der Waals surface area (Å²) < 4.78 is 0.958. The fraction of sp³-hybridized carbons (Fsp3) is 0.500. The minimum Gasteiger partial charge on any atom is -0.244 e. The maximum absolute atomic E-state index is 3.92. The minimum absolute atomic E-state index is 0.958. The van der Waals surface area contributed by atoms with Crippen molar-refractivity contribution in [2.45, 2.75) is 27.2 Å². The van der Waals surface area contributed by atoms with Crippen LogP contribution in [0.25, 0.3) is 0 Å². The van der Waals surface area contributed by atoms with Crippen LogP contribution in [0.3, 0.4) is 0 Å². The Bertz CT molecular complexity index is 180. The third-order valence-electron chi connectivity index (χ3n) is 0.852. The Kier molecular flexibility index (Phi) is 6.03. The van der Waals surface area contributed by atoms with Crippen molar-refractivity contribution in [3.8, 4) is 0 Å². The van der Waals surface area contributed by atoms with E-state index in [0.29, 0.717) is 0 Å². The van der Waals surface area contributed by atoms with Gasteiger partial charge in [-0.1, -0.05) is 20.3 Å². The predicted octanol–water partition coefficient (Wildman–Crippen LogP) is 2.96. The summed E-state index contributed by atoms with van der Waals surface area (Å²) in [5.41, 5.74) is 0.972. The highest BCUT2D eigenvalue weighted by molar-refractivity contribution is 9.10. The van der Waals surface area contributed by atoms with Crippen molar-refractivity contribution in [1.29, 1.82) is 0 Å². The van der Waals surface area contributed by atoms with Crippen molar-refractivity contribution in [3.63, 3.8) is 0 Å². The molecule has 11 heavy (non-hydrogen) atoms. The highest BCUT2D eigenvalue weighted by atomic mass is 79.9. The van der Waals surface area contributed by atoms with E-state index in [1.54, 1.807) is 6.20 Å². The van der Waals surface area contributed by atoms with Gasteiger partial charge in [-0.05, 0) is 22.9 Å². The lowest BCUT2D eigenvalue weighted by Crippen LogP contribution is -1.81. The van der Waals surface area contributed by atoms with Gasteiger partial charge in [-0.3, -0.25) is 0 Å². The molecule has 1 heterocycles. The van der Waals surface area contributed by atoms with Gasteiger partial charge in [0.1, 0.15) is 6.33 Å². The highest BCUT2D eigenvalue weighted by Gasteiger charge is 1.88. The summed E-state index contributed by atoms with van der Waals surface area (Å²) in [7, 11) is 0. The van der Waals surface area contributed by atoms with Gasteiger partial charge in [-0.15, -0.1) is 0 Å². The van der Waals surface area contributed by atoms with E-state index in [1.807, 2.05) is 6.92 Å². The highest BCUT2D eigenvalue weighted by Crippen LogP contribution is 2.08. The zero-order chi connectivity index (χ0) is 8.69. The molecule has 0 saturated carbocycles. The summed E-state index contributed by atoms with van der Waals surface area (Å²) in [4.78, 5) is 7.71. The molecule has 0 fully saturated rings. The van der Waals surface area contributed by atoms with Gasteiger partial charge in [0.15, 0.2) is 0 Å². The Morgan fingerprint density at radius 1 is 1.45 bits per heavy atom. The van der Waals surface area contributed by atoms with E-state index in [1.165, 1.54) is 12.7 Å². The van der Waals surface area contributed by atoms with Crippen LogP contribution in [0.2, 0.25) is 0 Å². The molecule has 1 aromatic heterocycles. The lowest BCUT2D eigenvalue weighted by Gasteiger charge is -1.89. The Morgan fingerprint density at radius 2 is 2.00 bits per heavy atom. The maximum atomic E-state index is 3.92. The van der Waals surface area contributed by atoms with Crippen LogP contribution >= 0.6 is 15.9 Å². The first-order chi connectivity index (χ1) is 5.22. The molecule has 0 unspecified atom stereocenters. The summed E-state index contributed by atoms with van der Waals surface area (Å²) in [5.74, 6) is 0. The number of rotatable bonds is 0. The van der Waals surface area contributed by atoms with Crippen molar-refractivity contribution < 1.29 is 0 Å². The average molecular weight is 217 g/mol. The van der Waals surface area contributed by atoms with Crippen LogP contribution in [0.1, 0.15) is 26.0 Å². The van der Waals surface area contributed by atoms with Crippen LogP contribution in [0.15, 0.2) is 17.0 Å². The molecule has 0 atom stereocenters. The molecule has 0 saturated heterocycles. The first-order valence-corrected chi connectivity index (χ1v) is 4.43. The number of aromatic nitrogens is 2. The molecule has 1 rings (SSSR count). The third-order valence-corrected chi connectivity index (χ3v) is 1.63. The van der Waals surface area contributed by atoms with Gasteiger partial charge >= 0.3 is 0 Å². The van der Waals surface area contributed by atoms with Crippen LogP contribution < -0.4 is 0 Å². The summed E-state index contributed by atoms with van der Waals surface area (Å²) in [6, 6.07) is 0. The lowest BCUT2D eigenvalue weighted by molar-refractivity contribution is 1.08. The van der Waals surface area contributed by atoms with E-state index >= 15 is 0 Å². The van der Waals surface area contributed by atoms with Crippen molar-refractivity contribution in [2.75, 3.05) is 0 Å². The van der Waals surface area contributed by atoms with E-state index < -0.39 is 0 Å². The van der Waals surface area contributed by atoms with Crippen LogP contribution in [-0.4, -0.2) is 9.97 Å². The second-order valence-electron chi connectivity index (χ2n) is 2.16. The first-order valence-electron chi connectivity index (χ1n) is 3.64. The minimum atomic E-state index is 0.958. The largest absolute Gasteiger partial charge is 0.244 e. The number of halogens is 1. The molecule has 1 aromatic rings. The third kappa shape index (κ3) is 4.90. The number of hydrogen-bond donors (Lipinski definition) is 0. The van der Waals surface area contributed by atoms with Gasteiger partial charge in [-0.2, -0.15) is 0 Å². The SMILES string of the molecule is CCC.Cc1ncncc1Br. The molecule has 62 valence electrons. The second kappa shape index (κ2) is 6.28. The van der Waals surface area contributed by atoms with E-state index in [9.17, 15) is 0 Å². The van der Waals surface area contributed by atoms with E-state index in [-0.39, 0.29) is 0 Å². The standard InChI is InChI=1S/C5H5BrN2.C3H8/c1-4-5(6)2-7-3-8-4;1-3-2/h2-3H,1H3;3H2,1-2H3. The molecule has 0 aliphatic rings. The molecule has 0 aromatic carbocycles. The van der Waals surface area contributed by atoms with Crippen LogP contribution in [-0.2, 0) is 0 Å². The fourth-order valence-corrected chi connectivity index (χ4v) is 0.594. The molecule has 0 amide bonds. The smallest absolute Gasteiger partial charge is 0.115 e. The zero-order valence-corrected chi connectivity index (χ0v) is 8.72. The fourth-order valence-electron chi connectivity index (χ4n) is 0.374. The molecule has 0 radical (unpaired) electrons. The number of hydrogen-bond acceptors (Lipinski definition) is 2. The van der Waals surface area contributed by atoms with Gasteiger partial charge in [0.25, 0.3) is 0 Å². The Morgan fingerprint density at radius 3 is 2.27 bits per heavy atom. The van der Waals surface area contributed by atoms with Crippen molar-refractivity contribution in [1.82, 2.24) is 9.97 Å². The van der Waals surface area contributed by atoms with Crippen LogP contribution in [0.4, 0.5) is 0 Å². The van der Waals surface area contributed by atoms with Crippen molar-refractivity contribution in [2.24, 2.45) is 0 Å². The van der Waals surface area contributed by atoms with Crippen molar-refractivity contribution >= 4 is 15.9 Å². The van der Waals surface area contributed by atoms with Gasteiger partial charge in [0.05, 0.1) is 10.2 Å². The quantitative estimate of drug-likeness (QED) is 0.667. The van der Waals surface area contributed by atoms with Gasteiger partial charge in [0.2, 0.25) is 0 Å². The Hall–Kier alpha value is -0.440. The molecule has 0 aliphatic carbocycles. The van der Waals surface area contributed by atoms with Crippen molar-refractivity contribution in [3.05, 3.63) is 22.7 Å². The number of nitrogens with zero attached hydrogens (tertiary/aromatic N) is 2.